The van der Waals surface area contributed by atoms with Crippen LogP contribution in [0.5, 0.6) is 0 Å². The van der Waals surface area contributed by atoms with Gasteiger partial charge in [-0.2, -0.15) is 0 Å². The van der Waals surface area contributed by atoms with Crippen LogP contribution in [0.4, 0.5) is 0 Å². The average Bonchev–Trinajstić information content (AvgIpc) is 1.99. The van der Waals surface area contributed by atoms with Crippen molar-refractivity contribution in [1.82, 2.24) is 4.90 Å². The molecule has 0 saturated carbocycles. The predicted molar refractivity (Wildman–Crippen MR) is 41.8 cm³/mol. The maximum Gasteiger partial charge on any atom is 0.00915 e. The largest absolute Gasteiger partial charge is 0.327 e. The summed E-state index contributed by atoms with van der Waals surface area (Å²) in [6, 6.07) is 0.511. The van der Waals surface area contributed by atoms with Crippen molar-refractivity contribution in [3.8, 4) is 0 Å². The molecule has 0 amide bonds. The molecular formula is C8H16N2. The van der Waals surface area contributed by atoms with Gasteiger partial charge in [-0.25, -0.2) is 0 Å². The van der Waals surface area contributed by atoms with E-state index in [4.69, 9.17) is 5.73 Å². The molecule has 0 aliphatic carbocycles. The van der Waals surface area contributed by atoms with E-state index in [1.165, 1.54) is 38.9 Å². The number of nitrogens with two attached hydrogens (primary N) is 1. The van der Waals surface area contributed by atoms with Crippen molar-refractivity contribution in [1.29, 1.82) is 0 Å². The summed E-state index contributed by atoms with van der Waals surface area (Å²) in [4.78, 5) is 2.55. The Labute approximate surface area is 62.4 Å². The summed E-state index contributed by atoms with van der Waals surface area (Å²) in [6.45, 7) is 3.85. The molecule has 2 fully saturated rings. The zero-order chi connectivity index (χ0) is 6.97. The van der Waals surface area contributed by atoms with E-state index in [1.54, 1.807) is 0 Å². The fourth-order valence-electron chi connectivity index (χ4n) is 2.21. The summed E-state index contributed by atoms with van der Waals surface area (Å²) in [5, 5.41) is 0. The molecule has 2 bridgehead atoms. The standard InChI is InChI=1S/C8H16N2/c9-8-3-5-10-4-1-2-7(8)6-10/h7-8H,1-6,9H2. The lowest BCUT2D eigenvalue weighted by Crippen LogP contribution is -2.50. The first-order valence-electron chi connectivity index (χ1n) is 4.34. The Bertz CT molecular complexity index is 122. The molecule has 0 spiro atoms. The van der Waals surface area contributed by atoms with E-state index < -0.39 is 0 Å². The van der Waals surface area contributed by atoms with Crippen molar-refractivity contribution in [2.45, 2.75) is 25.3 Å². The maximum absolute atomic E-state index is 5.96. The number of hydrogen-bond acceptors (Lipinski definition) is 2. The minimum atomic E-state index is 0.511. The van der Waals surface area contributed by atoms with Crippen LogP contribution < -0.4 is 5.73 Å². The number of rotatable bonds is 0. The first kappa shape index (κ1) is 6.62. The van der Waals surface area contributed by atoms with Crippen molar-refractivity contribution in [3.05, 3.63) is 0 Å². The Morgan fingerprint density at radius 3 is 2.90 bits per heavy atom. The molecule has 2 saturated heterocycles. The van der Waals surface area contributed by atoms with Gasteiger partial charge in [-0.1, -0.05) is 0 Å². The number of nitrogens with zero attached hydrogens (tertiary/aromatic N) is 1. The topological polar surface area (TPSA) is 29.3 Å². The third-order valence-electron chi connectivity index (χ3n) is 2.93. The molecule has 2 heteroatoms. The Hall–Kier alpha value is -0.0800. The maximum atomic E-state index is 5.96. The van der Waals surface area contributed by atoms with Gasteiger partial charge in [-0.05, 0) is 38.3 Å². The van der Waals surface area contributed by atoms with E-state index in [2.05, 4.69) is 4.90 Å². The normalized spacial score (nSPS) is 47.1. The van der Waals surface area contributed by atoms with Gasteiger partial charge >= 0.3 is 0 Å². The van der Waals surface area contributed by atoms with E-state index in [0.717, 1.165) is 5.92 Å². The van der Waals surface area contributed by atoms with Crippen molar-refractivity contribution in [3.63, 3.8) is 0 Å². The SMILES string of the molecule is NC1CCN2CCCC1C2. The van der Waals surface area contributed by atoms with E-state index >= 15 is 0 Å². The van der Waals surface area contributed by atoms with Gasteiger partial charge in [0.1, 0.15) is 0 Å². The number of piperidine rings is 2. The Morgan fingerprint density at radius 1 is 1.20 bits per heavy atom. The molecule has 0 aromatic heterocycles. The summed E-state index contributed by atoms with van der Waals surface area (Å²) in [5.74, 6) is 0.822. The van der Waals surface area contributed by atoms with Crippen molar-refractivity contribution < 1.29 is 0 Å². The van der Waals surface area contributed by atoms with Crippen molar-refractivity contribution in [2.75, 3.05) is 19.6 Å². The van der Waals surface area contributed by atoms with Crippen molar-refractivity contribution >= 4 is 0 Å². The lowest BCUT2D eigenvalue weighted by Gasteiger charge is -2.41. The van der Waals surface area contributed by atoms with Gasteiger partial charge in [0.05, 0.1) is 0 Å². The van der Waals surface area contributed by atoms with Gasteiger partial charge in [-0.15, -0.1) is 0 Å². The lowest BCUT2D eigenvalue weighted by atomic mass is 9.86. The van der Waals surface area contributed by atoms with Gasteiger partial charge in [0.25, 0.3) is 0 Å². The predicted octanol–water partition coefficient (Wildman–Crippen LogP) is 0.429. The average molecular weight is 140 g/mol. The zero-order valence-electron chi connectivity index (χ0n) is 6.42. The molecule has 3 unspecified atom stereocenters. The summed E-state index contributed by atoms with van der Waals surface area (Å²) in [7, 11) is 0. The van der Waals surface area contributed by atoms with Crippen LogP contribution in [0, 0.1) is 5.92 Å². The van der Waals surface area contributed by atoms with E-state index in [9.17, 15) is 0 Å². The Kier molecular flexibility index (Phi) is 1.66. The molecule has 2 N–H and O–H groups in total. The minimum Gasteiger partial charge on any atom is -0.327 e. The third kappa shape index (κ3) is 1.06. The molecule has 2 aliphatic heterocycles. The summed E-state index contributed by atoms with van der Waals surface area (Å²) < 4.78 is 0. The second kappa shape index (κ2) is 2.51. The minimum absolute atomic E-state index is 0.511. The fraction of sp³-hybridized carbons (Fsp3) is 1.00. The zero-order valence-corrected chi connectivity index (χ0v) is 6.42. The summed E-state index contributed by atoms with van der Waals surface area (Å²) in [5.41, 5.74) is 5.96. The highest BCUT2D eigenvalue weighted by atomic mass is 15.1. The van der Waals surface area contributed by atoms with E-state index in [0.29, 0.717) is 6.04 Å². The van der Waals surface area contributed by atoms with Crippen LogP contribution >= 0.6 is 0 Å². The fourth-order valence-corrected chi connectivity index (χ4v) is 2.21. The van der Waals surface area contributed by atoms with Gasteiger partial charge < -0.3 is 10.6 Å². The third-order valence-corrected chi connectivity index (χ3v) is 2.93. The second-order valence-corrected chi connectivity index (χ2v) is 3.66. The molecule has 0 aromatic rings. The highest BCUT2D eigenvalue weighted by molar-refractivity contribution is 4.86. The molecule has 2 rings (SSSR count). The number of hydrogen-bond donors (Lipinski definition) is 1. The van der Waals surface area contributed by atoms with Gasteiger partial charge in [-0.3, -0.25) is 0 Å². The monoisotopic (exact) mass is 140 g/mol. The highest BCUT2D eigenvalue weighted by Crippen LogP contribution is 2.24. The molecule has 2 heterocycles. The van der Waals surface area contributed by atoms with E-state index in [-0.39, 0.29) is 0 Å². The van der Waals surface area contributed by atoms with Gasteiger partial charge in [0.2, 0.25) is 0 Å². The molecule has 3 atom stereocenters. The van der Waals surface area contributed by atoms with Crippen molar-refractivity contribution in [2.24, 2.45) is 11.7 Å². The first-order valence-corrected chi connectivity index (χ1v) is 4.34. The second-order valence-electron chi connectivity index (χ2n) is 3.66. The quantitative estimate of drug-likeness (QED) is 0.528. The number of fused-ring (bicyclic) bond motifs is 2. The molecule has 10 heavy (non-hydrogen) atoms. The van der Waals surface area contributed by atoms with Crippen LogP contribution in [0.3, 0.4) is 0 Å². The lowest BCUT2D eigenvalue weighted by molar-refractivity contribution is 0.107. The van der Waals surface area contributed by atoms with Crippen LogP contribution in [-0.4, -0.2) is 30.6 Å². The molecule has 2 nitrogen and oxygen atoms in total. The van der Waals surface area contributed by atoms with Crippen LogP contribution in [-0.2, 0) is 0 Å². The Morgan fingerprint density at radius 2 is 2.10 bits per heavy atom. The molecule has 2 aliphatic rings. The molecule has 58 valence electrons. The van der Waals surface area contributed by atoms with Gasteiger partial charge in [0.15, 0.2) is 0 Å². The van der Waals surface area contributed by atoms with Crippen LogP contribution in [0.2, 0.25) is 0 Å². The molecule has 0 radical (unpaired) electrons. The van der Waals surface area contributed by atoms with Gasteiger partial charge in [0, 0.05) is 12.6 Å². The smallest absolute Gasteiger partial charge is 0.00915 e. The van der Waals surface area contributed by atoms with Crippen LogP contribution in [0.1, 0.15) is 19.3 Å². The van der Waals surface area contributed by atoms with Crippen LogP contribution in [0.25, 0.3) is 0 Å². The summed E-state index contributed by atoms with van der Waals surface area (Å²) in [6.07, 6.45) is 3.97. The first-order chi connectivity index (χ1) is 4.86. The van der Waals surface area contributed by atoms with E-state index in [1.807, 2.05) is 0 Å². The Balaban J connectivity index is 2.00. The molecule has 0 aromatic carbocycles. The highest BCUT2D eigenvalue weighted by Gasteiger charge is 2.29. The molecular weight excluding hydrogens is 124 g/mol. The van der Waals surface area contributed by atoms with Crippen LogP contribution in [0.15, 0.2) is 0 Å². The summed E-state index contributed by atoms with van der Waals surface area (Å²) >= 11 is 0.